The van der Waals surface area contributed by atoms with Crippen LogP contribution in [0.3, 0.4) is 0 Å². The Labute approximate surface area is 230 Å². The Morgan fingerprint density at radius 3 is 2.49 bits per heavy atom. The number of carbonyl (C=O) groups is 2. The highest BCUT2D eigenvalue weighted by Crippen LogP contribution is 2.35. The molecule has 0 atom stereocenters. The van der Waals surface area contributed by atoms with Crippen LogP contribution in [-0.2, 0) is 11.4 Å². The van der Waals surface area contributed by atoms with E-state index in [9.17, 15) is 9.59 Å². The Morgan fingerprint density at radius 1 is 0.919 bits per heavy atom. The highest BCUT2D eigenvalue weighted by molar-refractivity contribution is 8.18. The average Bonchev–Trinajstić information content (AvgIpc) is 3.13. The molecule has 3 aromatic rings. The summed E-state index contributed by atoms with van der Waals surface area (Å²) >= 11 is 13.1. The van der Waals surface area contributed by atoms with Crippen LogP contribution < -0.4 is 14.2 Å². The summed E-state index contributed by atoms with van der Waals surface area (Å²) in [7, 11) is 1.53. The fourth-order valence-corrected chi connectivity index (χ4v) is 4.97. The second-order valence-electron chi connectivity index (χ2n) is 8.39. The normalized spacial score (nSPS) is 14.4. The Balaban J connectivity index is 1.41. The number of ether oxygens (including phenoxy) is 3. The van der Waals surface area contributed by atoms with E-state index in [1.165, 1.54) is 12.0 Å². The SMILES string of the molecule is COc1cc(/C=C2\SC(=O)N(CCOc3cc(C)ccc3C)C2=O)ccc1OCc1ccc(Cl)cc1Cl. The van der Waals surface area contributed by atoms with Crippen LogP contribution in [0.1, 0.15) is 22.3 Å². The summed E-state index contributed by atoms with van der Waals surface area (Å²) in [5.74, 6) is 1.40. The molecule has 0 unspecified atom stereocenters. The smallest absolute Gasteiger partial charge is 0.293 e. The first-order valence-electron chi connectivity index (χ1n) is 11.5. The number of hydrogen-bond acceptors (Lipinski definition) is 6. The molecule has 0 saturated carbocycles. The molecule has 9 heteroatoms. The number of thioether (sulfide) groups is 1. The van der Waals surface area contributed by atoms with E-state index in [2.05, 4.69) is 0 Å². The van der Waals surface area contributed by atoms with Crippen LogP contribution in [0.25, 0.3) is 6.08 Å². The first-order valence-corrected chi connectivity index (χ1v) is 13.0. The summed E-state index contributed by atoms with van der Waals surface area (Å²) < 4.78 is 17.2. The summed E-state index contributed by atoms with van der Waals surface area (Å²) in [5, 5.41) is 0.736. The Morgan fingerprint density at radius 2 is 1.73 bits per heavy atom. The molecule has 0 bridgehead atoms. The summed E-state index contributed by atoms with van der Waals surface area (Å²) in [6, 6.07) is 16.4. The van der Waals surface area contributed by atoms with Crippen LogP contribution in [0, 0.1) is 13.8 Å². The monoisotopic (exact) mass is 557 g/mol. The van der Waals surface area contributed by atoms with Gasteiger partial charge in [-0.15, -0.1) is 0 Å². The van der Waals surface area contributed by atoms with E-state index in [1.54, 1.807) is 42.5 Å². The van der Waals surface area contributed by atoms with Crippen molar-refractivity contribution in [3.8, 4) is 17.2 Å². The number of benzene rings is 3. The van der Waals surface area contributed by atoms with Gasteiger partial charge in [0.15, 0.2) is 11.5 Å². The standard InChI is InChI=1S/C28H25Cl2NO5S/c1-17-4-5-18(2)24(12-17)35-11-10-31-27(32)26(37-28(31)33)14-19-6-9-23(25(13-19)34-3)36-16-20-7-8-21(29)15-22(20)30/h4-9,12-15H,10-11,16H2,1-3H3/b26-14-. The lowest BCUT2D eigenvalue weighted by atomic mass is 10.1. The minimum atomic E-state index is -0.351. The molecule has 1 aliphatic rings. The molecule has 4 rings (SSSR count). The first kappa shape index (κ1) is 26.9. The van der Waals surface area contributed by atoms with Gasteiger partial charge in [0, 0.05) is 15.6 Å². The molecule has 0 aliphatic carbocycles. The number of amides is 2. The van der Waals surface area contributed by atoms with Gasteiger partial charge in [-0.1, -0.05) is 47.5 Å². The van der Waals surface area contributed by atoms with E-state index in [1.807, 2.05) is 32.0 Å². The maximum Gasteiger partial charge on any atom is 0.293 e. The summed E-state index contributed by atoms with van der Waals surface area (Å²) in [6.07, 6.45) is 1.67. The zero-order valence-electron chi connectivity index (χ0n) is 20.5. The number of rotatable bonds is 9. The van der Waals surface area contributed by atoms with E-state index >= 15 is 0 Å². The minimum absolute atomic E-state index is 0.165. The number of methoxy groups -OCH3 is 1. The van der Waals surface area contributed by atoms with Gasteiger partial charge in [-0.05, 0) is 78.7 Å². The van der Waals surface area contributed by atoms with Gasteiger partial charge in [0.05, 0.1) is 18.6 Å². The number of imide groups is 1. The van der Waals surface area contributed by atoms with Gasteiger partial charge in [0.2, 0.25) is 0 Å². The van der Waals surface area contributed by atoms with E-state index in [0.29, 0.717) is 32.0 Å². The van der Waals surface area contributed by atoms with Crippen molar-refractivity contribution in [3.63, 3.8) is 0 Å². The van der Waals surface area contributed by atoms with Gasteiger partial charge in [-0.3, -0.25) is 14.5 Å². The maximum atomic E-state index is 12.9. The minimum Gasteiger partial charge on any atom is -0.493 e. The topological polar surface area (TPSA) is 65.1 Å². The predicted octanol–water partition coefficient (Wildman–Crippen LogP) is 7.31. The molecule has 1 fully saturated rings. The van der Waals surface area contributed by atoms with Gasteiger partial charge < -0.3 is 14.2 Å². The Bertz CT molecular complexity index is 1370. The molecular weight excluding hydrogens is 533 g/mol. The van der Waals surface area contributed by atoms with Crippen molar-refractivity contribution in [3.05, 3.63) is 91.8 Å². The van der Waals surface area contributed by atoms with Gasteiger partial charge in [-0.25, -0.2) is 0 Å². The van der Waals surface area contributed by atoms with Gasteiger partial charge in [0.1, 0.15) is 19.0 Å². The highest BCUT2D eigenvalue weighted by atomic mass is 35.5. The van der Waals surface area contributed by atoms with E-state index in [0.717, 1.165) is 34.2 Å². The van der Waals surface area contributed by atoms with Gasteiger partial charge in [0.25, 0.3) is 11.1 Å². The van der Waals surface area contributed by atoms with Crippen LogP contribution in [0.2, 0.25) is 10.0 Å². The zero-order chi connectivity index (χ0) is 26.5. The number of nitrogens with zero attached hydrogens (tertiary/aromatic N) is 1. The van der Waals surface area contributed by atoms with Crippen molar-refractivity contribution in [2.45, 2.75) is 20.5 Å². The number of halogens is 2. The molecule has 6 nitrogen and oxygen atoms in total. The molecule has 2 amide bonds. The summed E-state index contributed by atoms with van der Waals surface area (Å²) in [4.78, 5) is 26.9. The molecule has 0 N–H and O–H groups in total. The van der Waals surface area contributed by atoms with E-state index in [-0.39, 0.29) is 30.9 Å². The lowest BCUT2D eigenvalue weighted by Gasteiger charge is -2.14. The highest BCUT2D eigenvalue weighted by Gasteiger charge is 2.34. The van der Waals surface area contributed by atoms with Crippen LogP contribution in [-0.4, -0.2) is 36.3 Å². The van der Waals surface area contributed by atoms with Crippen molar-refractivity contribution < 1.29 is 23.8 Å². The van der Waals surface area contributed by atoms with Crippen molar-refractivity contribution >= 4 is 52.2 Å². The van der Waals surface area contributed by atoms with Crippen molar-refractivity contribution in [2.75, 3.05) is 20.3 Å². The molecule has 3 aromatic carbocycles. The molecule has 1 aliphatic heterocycles. The van der Waals surface area contributed by atoms with Crippen LogP contribution in [0.4, 0.5) is 4.79 Å². The fourth-order valence-electron chi connectivity index (χ4n) is 3.64. The fraction of sp³-hybridized carbons (Fsp3) is 0.214. The lowest BCUT2D eigenvalue weighted by molar-refractivity contribution is -0.123. The summed E-state index contributed by atoms with van der Waals surface area (Å²) in [6.45, 7) is 4.55. The van der Waals surface area contributed by atoms with Gasteiger partial charge in [-0.2, -0.15) is 0 Å². The molecule has 37 heavy (non-hydrogen) atoms. The third kappa shape index (κ3) is 6.60. The third-order valence-electron chi connectivity index (χ3n) is 5.67. The quantitative estimate of drug-likeness (QED) is 0.257. The molecule has 192 valence electrons. The van der Waals surface area contributed by atoms with Crippen LogP contribution in [0.5, 0.6) is 17.2 Å². The lowest BCUT2D eigenvalue weighted by Crippen LogP contribution is -2.32. The van der Waals surface area contributed by atoms with Crippen molar-refractivity contribution in [1.29, 1.82) is 0 Å². The summed E-state index contributed by atoms with van der Waals surface area (Å²) in [5.41, 5.74) is 3.56. The van der Waals surface area contributed by atoms with E-state index < -0.39 is 0 Å². The van der Waals surface area contributed by atoms with Crippen molar-refractivity contribution in [1.82, 2.24) is 4.90 Å². The molecular formula is C28H25Cl2NO5S. The second-order valence-corrected chi connectivity index (χ2v) is 10.2. The molecule has 1 saturated heterocycles. The number of hydrogen-bond donors (Lipinski definition) is 0. The second kappa shape index (κ2) is 11.9. The third-order valence-corrected chi connectivity index (χ3v) is 7.17. The Hall–Kier alpha value is -3.13. The predicted molar refractivity (Wildman–Crippen MR) is 148 cm³/mol. The van der Waals surface area contributed by atoms with Gasteiger partial charge >= 0.3 is 0 Å². The molecule has 0 spiro atoms. The van der Waals surface area contributed by atoms with Crippen molar-refractivity contribution in [2.24, 2.45) is 0 Å². The molecule has 0 aromatic heterocycles. The zero-order valence-corrected chi connectivity index (χ0v) is 22.9. The van der Waals surface area contributed by atoms with Crippen LogP contribution >= 0.6 is 35.0 Å². The maximum absolute atomic E-state index is 12.9. The average molecular weight is 558 g/mol. The largest absolute Gasteiger partial charge is 0.493 e. The Kier molecular flexibility index (Phi) is 8.69. The van der Waals surface area contributed by atoms with Crippen LogP contribution in [0.15, 0.2) is 59.5 Å². The number of aryl methyl sites for hydroxylation is 2. The first-order chi connectivity index (χ1) is 17.7. The number of carbonyl (C=O) groups excluding carboxylic acids is 2. The molecule has 0 radical (unpaired) electrons. The van der Waals surface area contributed by atoms with E-state index in [4.69, 9.17) is 37.4 Å². The molecule has 1 heterocycles.